The summed E-state index contributed by atoms with van der Waals surface area (Å²) in [5.41, 5.74) is 1.42. The fourth-order valence-corrected chi connectivity index (χ4v) is 2.52. The van der Waals surface area contributed by atoms with E-state index in [0.717, 1.165) is 23.8 Å². The SMILES string of the molecule is Cc1c(C(=O)N(CC(=O)O)CC2CC2)oc2ccccc12. The van der Waals surface area contributed by atoms with Gasteiger partial charge in [0.2, 0.25) is 0 Å². The number of carboxylic acids is 1. The lowest BCUT2D eigenvalue weighted by atomic mass is 10.1. The monoisotopic (exact) mass is 287 g/mol. The van der Waals surface area contributed by atoms with Crippen LogP contribution in [-0.4, -0.2) is 35.0 Å². The Morgan fingerprint density at radius 1 is 1.33 bits per heavy atom. The normalized spacial score (nSPS) is 14.3. The molecule has 1 N–H and O–H groups in total. The summed E-state index contributed by atoms with van der Waals surface area (Å²) in [6.07, 6.45) is 2.12. The van der Waals surface area contributed by atoms with Crippen LogP contribution in [0.2, 0.25) is 0 Å². The molecule has 1 heterocycles. The lowest BCUT2D eigenvalue weighted by Crippen LogP contribution is -2.37. The number of nitrogens with zero attached hydrogens (tertiary/aromatic N) is 1. The number of carbonyl (C=O) groups excluding carboxylic acids is 1. The third kappa shape index (κ3) is 2.77. The zero-order chi connectivity index (χ0) is 15.0. The number of hydrogen-bond acceptors (Lipinski definition) is 3. The molecule has 1 saturated carbocycles. The highest BCUT2D eigenvalue weighted by molar-refractivity contribution is 5.99. The Bertz CT molecular complexity index is 699. The van der Waals surface area contributed by atoms with Gasteiger partial charge in [0, 0.05) is 17.5 Å². The van der Waals surface area contributed by atoms with Crippen LogP contribution < -0.4 is 0 Å². The van der Waals surface area contributed by atoms with Gasteiger partial charge in [0.15, 0.2) is 5.76 Å². The van der Waals surface area contributed by atoms with Crippen molar-refractivity contribution in [2.75, 3.05) is 13.1 Å². The minimum absolute atomic E-state index is 0.248. The van der Waals surface area contributed by atoms with E-state index in [1.807, 2.05) is 31.2 Å². The van der Waals surface area contributed by atoms with Gasteiger partial charge in [-0.3, -0.25) is 9.59 Å². The second kappa shape index (κ2) is 5.24. The van der Waals surface area contributed by atoms with Crippen LogP contribution in [0.25, 0.3) is 11.0 Å². The van der Waals surface area contributed by atoms with Gasteiger partial charge in [0.05, 0.1) is 0 Å². The van der Waals surface area contributed by atoms with Crippen molar-refractivity contribution in [1.29, 1.82) is 0 Å². The second-order valence-electron chi connectivity index (χ2n) is 5.58. The predicted molar refractivity (Wildman–Crippen MR) is 77.2 cm³/mol. The van der Waals surface area contributed by atoms with Crippen LogP contribution in [0.4, 0.5) is 0 Å². The van der Waals surface area contributed by atoms with Crippen LogP contribution >= 0.6 is 0 Å². The van der Waals surface area contributed by atoms with Crippen LogP contribution in [0, 0.1) is 12.8 Å². The van der Waals surface area contributed by atoms with Crippen LogP contribution in [0.15, 0.2) is 28.7 Å². The van der Waals surface area contributed by atoms with Gasteiger partial charge < -0.3 is 14.4 Å². The summed E-state index contributed by atoms with van der Waals surface area (Å²) in [5, 5.41) is 9.89. The molecule has 0 radical (unpaired) electrons. The van der Waals surface area contributed by atoms with Crippen molar-refractivity contribution in [3.8, 4) is 0 Å². The Morgan fingerprint density at radius 3 is 2.67 bits per heavy atom. The van der Waals surface area contributed by atoms with E-state index in [4.69, 9.17) is 9.52 Å². The average Bonchev–Trinajstić information content (AvgIpc) is 3.20. The van der Waals surface area contributed by atoms with E-state index in [9.17, 15) is 9.59 Å². The summed E-state index contributed by atoms with van der Waals surface area (Å²) in [7, 11) is 0. The van der Waals surface area contributed by atoms with Gasteiger partial charge in [-0.2, -0.15) is 0 Å². The first kappa shape index (κ1) is 13.7. The first-order valence-electron chi connectivity index (χ1n) is 7.05. The van der Waals surface area contributed by atoms with Gasteiger partial charge in [0.25, 0.3) is 5.91 Å². The molecule has 0 aliphatic heterocycles. The highest BCUT2D eigenvalue weighted by Crippen LogP contribution is 2.31. The number of amides is 1. The minimum atomic E-state index is -1.00. The number of para-hydroxylation sites is 1. The third-order valence-electron chi connectivity index (χ3n) is 3.83. The smallest absolute Gasteiger partial charge is 0.323 e. The zero-order valence-electron chi connectivity index (χ0n) is 11.8. The minimum Gasteiger partial charge on any atom is -0.480 e. The molecule has 1 aliphatic rings. The average molecular weight is 287 g/mol. The Kier molecular flexibility index (Phi) is 3.41. The maximum atomic E-state index is 12.6. The van der Waals surface area contributed by atoms with Gasteiger partial charge in [-0.05, 0) is 31.7 Å². The van der Waals surface area contributed by atoms with E-state index in [0.29, 0.717) is 18.0 Å². The highest BCUT2D eigenvalue weighted by atomic mass is 16.4. The summed E-state index contributed by atoms with van der Waals surface area (Å²) in [6, 6.07) is 7.44. The molecule has 0 unspecified atom stereocenters. The summed E-state index contributed by atoms with van der Waals surface area (Å²) in [6.45, 7) is 2.03. The summed E-state index contributed by atoms with van der Waals surface area (Å²) in [5.74, 6) is -0.660. The molecule has 1 amide bonds. The molecule has 2 aromatic rings. The molecule has 0 bridgehead atoms. The molecule has 0 spiro atoms. The van der Waals surface area contributed by atoms with Crippen molar-refractivity contribution in [1.82, 2.24) is 4.90 Å². The summed E-state index contributed by atoms with van der Waals surface area (Å²) in [4.78, 5) is 25.0. The number of carbonyl (C=O) groups is 2. The number of hydrogen-bond donors (Lipinski definition) is 1. The first-order chi connectivity index (χ1) is 10.1. The Labute approximate surface area is 122 Å². The van der Waals surface area contributed by atoms with Crippen molar-refractivity contribution >= 4 is 22.8 Å². The molecule has 21 heavy (non-hydrogen) atoms. The lowest BCUT2D eigenvalue weighted by molar-refractivity contribution is -0.137. The molecule has 5 nitrogen and oxygen atoms in total. The largest absolute Gasteiger partial charge is 0.480 e. The van der Waals surface area contributed by atoms with Gasteiger partial charge in [-0.25, -0.2) is 0 Å². The maximum Gasteiger partial charge on any atom is 0.323 e. The van der Waals surface area contributed by atoms with E-state index >= 15 is 0 Å². The van der Waals surface area contributed by atoms with Crippen molar-refractivity contribution in [3.05, 3.63) is 35.6 Å². The molecule has 1 fully saturated rings. The van der Waals surface area contributed by atoms with E-state index in [2.05, 4.69) is 0 Å². The number of furan rings is 1. The van der Waals surface area contributed by atoms with Gasteiger partial charge >= 0.3 is 5.97 Å². The molecule has 0 atom stereocenters. The van der Waals surface area contributed by atoms with Gasteiger partial charge in [-0.15, -0.1) is 0 Å². The van der Waals surface area contributed by atoms with Crippen LogP contribution in [0.5, 0.6) is 0 Å². The van der Waals surface area contributed by atoms with E-state index < -0.39 is 5.97 Å². The number of carboxylic acid groups (broad SMARTS) is 1. The Morgan fingerprint density at radius 2 is 2.05 bits per heavy atom. The number of aliphatic carboxylic acids is 1. The van der Waals surface area contributed by atoms with Crippen molar-refractivity contribution in [2.45, 2.75) is 19.8 Å². The van der Waals surface area contributed by atoms with Crippen molar-refractivity contribution in [2.24, 2.45) is 5.92 Å². The lowest BCUT2D eigenvalue weighted by Gasteiger charge is -2.19. The number of rotatable bonds is 5. The molecular formula is C16H17NO4. The fraction of sp³-hybridized carbons (Fsp3) is 0.375. The predicted octanol–water partition coefficient (Wildman–Crippen LogP) is 2.68. The van der Waals surface area contributed by atoms with Gasteiger partial charge in [-0.1, -0.05) is 18.2 Å². The fourth-order valence-electron chi connectivity index (χ4n) is 2.52. The van der Waals surface area contributed by atoms with Crippen LogP contribution in [-0.2, 0) is 4.79 Å². The maximum absolute atomic E-state index is 12.6. The zero-order valence-corrected chi connectivity index (χ0v) is 11.8. The molecule has 1 aliphatic carbocycles. The Hall–Kier alpha value is -2.30. The highest BCUT2D eigenvalue weighted by Gasteiger charge is 2.30. The van der Waals surface area contributed by atoms with Gasteiger partial charge in [0.1, 0.15) is 12.1 Å². The summed E-state index contributed by atoms with van der Waals surface area (Å²) < 4.78 is 5.64. The van der Waals surface area contributed by atoms with Crippen molar-refractivity contribution < 1.29 is 19.1 Å². The molecule has 3 rings (SSSR count). The summed E-state index contributed by atoms with van der Waals surface area (Å²) >= 11 is 0. The standard InChI is InChI=1S/C16H17NO4/c1-10-12-4-2-3-5-13(12)21-15(10)16(20)17(9-14(18)19)8-11-6-7-11/h2-5,11H,6-9H2,1H3,(H,18,19). The van der Waals surface area contributed by atoms with E-state index in [1.54, 1.807) is 0 Å². The van der Waals surface area contributed by atoms with Crippen LogP contribution in [0.1, 0.15) is 29.0 Å². The number of benzene rings is 1. The molecular weight excluding hydrogens is 270 g/mol. The second-order valence-corrected chi connectivity index (χ2v) is 5.58. The van der Waals surface area contributed by atoms with E-state index in [-0.39, 0.29) is 18.2 Å². The Balaban J connectivity index is 1.92. The van der Waals surface area contributed by atoms with E-state index in [1.165, 1.54) is 4.90 Å². The first-order valence-corrected chi connectivity index (χ1v) is 7.05. The number of aryl methyl sites for hydroxylation is 1. The topological polar surface area (TPSA) is 70.8 Å². The molecule has 1 aromatic carbocycles. The molecule has 5 heteroatoms. The van der Waals surface area contributed by atoms with Crippen LogP contribution in [0.3, 0.4) is 0 Å². The molecule has 1 aromatic heterocycles. The number of fused-ring (bicyclic) bond motifs is 1. The molecule has 0 saturated heterocycles. The third-order valence-corrected chi connectivity index (χ3v) is 3.83. The van der Waals surface area contributed by atoms with Crippen molar-refractivity contribution in [3.63, 3.8) is 0 Å². The molecule has 110 valence electrons. The quantitative estimate of drug-likeness (QED) is 0.917.